The summed E-state index contributed by atoms with van der Waals surface area (Å²) < 4.78 is 5.21. The Morgan fingerprint density at radius 1 is 1.03 bits per heavy atom. The highest BCUT2D eigenvalue weighted by atomic mass is 35.5. The highest BCUT2D eigenvalue weighted by Gasteiger charge is 2.37. The van der Waals surface area contributed by atoms with Gasteiger partial charge in [0.15, 0.2) is 0 Å². The van der Waals surface area contributed by atoms with E-state index in [4.69, 9.17) is 27.9 Å². The summed E-state index contributed by atoms with van der Waals surface area (Å²) in [5.41, 5.74) is 1.63. The van der Waals surface area contributed by atoms with Crippen LogP contribution in [0, 0.1) is 5.92 Å². The summed E-state index contributed by atoms with van der Waals surface area (Å²) in [6, 6.07) is 12.8. The van der Waals surface area contributed by atoms with Gasteiger partial charge in [-0.05, 0) is 61.1 Å². The molecule has 1 aliphatic carbocycles. The minimum absolute atomic E-state index is 0.0901. The van der Waals surface area contributed by atoms with Gasteiger partial charge in [0.2, 0.25) is 5.91 Å². The number of carbonyl (C=O) groups excluding carboxylic acids is 2. The van der Waals surface area contributed by atoms with Gasteiger partial charge >= 0.3 is 0 Å². The number of methoxy groups -OCH3 is 1. The predicted molar refractivity (Wildman–Crippen MR) is 139 cm³/mol. The van der Waals surface area contributed by atoms with Crippen LogP contribution < -0.4 is 10.1 Å². The number of carbonyl (C=O) groups is 2. The maximum Gasteiger partial charge on any atom is 0.255 e. The first-order valence-corrected chi connectivity index (χ1v) is 13.1. The highest BCUT2D eigenvalue weighted by Crippen LogP contribution is 2.31. The number of nitrogens with one attached hydrogen (secondary N) is 1. The molecule has 35 heavy (non-hydrogen) atoms. The monoisotopic (exact) mass is 517 g/mol. The van der Waals surface area contributed by atoms with Gasteiger partial charge in [0, 0.05) is 37.7 Å². The van der Waals surface area contributed by atoms with Crippen molar-refractivity contribution in [2.24, 2.45) is 5.92 Å². The Morgan fingerprint density at radius 3 is 2.34 bits per heavy atom. The van der Waals surface area contributed by atoms with Crippen LogP contribution in [0.15, 0.2) is 42.5 Å². The fourth-order valence-corrected chi connectivity index (χ4v) is 5.70. The molecule has 0 aromatic heterocycles. The molecule has 1 heterocycles. The summed E-state index contributed by atoms with van der Waals surface area (Å²) in [4.78, 5) is 30.4. The Kier molecular flexibility index (Phi) is 8.93. The summed E-state index contributed by atoms with van der Waals surface area (Å²) in [6.07, 6.45) is 5.28. The van der Waals surface area contributed by atoms with Crippen molar-refractivity contribution in [1.82, 2.24) is 15.1 Å². The van der Waals surface area contributed by atoms with E-state index < -0.39 is 0 Å². The summed E-state index contributed by atoms with van der Waals surface area (Å²) in [5, 5.41) is 4.06. The van der Waals surface area contributed by atoms with Crippen molar-refractivity contribution in [2.45, 2.75) is 38.1 Å². The number of hydrogen-bond donors (Lipinski definition) is 1. The second-order valence-corrected chi connectivity index (χ2v) is 10.2. The van der Waals surface area contributed by atoms with Gasteiger partial charge < -0.3 is 15.0 Å². The molecule has 1 saturated carbocycles. The van der Waals surface area contributed by atoms with E-state index in [-0.39, 0.29) is 17.9 Å². The van der Waals surface area contributed by atoms with E-state index in [2.05, 4.69) is 10.2 Å². The van der Waals surface area contributed by atoms with Crippen LogP contribution in [0.5, 0.6) is 5.75 Å². The molecule has 188 valence electrons. The fourth-order valence-electron chi connectivity index (χ4n) is 5.21. The maximum absolute atomic E-state index is 13.4. The van der Waals surface area contributed by atoms with Crippen LogP contribution in [0.2, 0.25) is 10.0 Å². The Balaban J connectivity index is 1.34. The third kappa shape index (κ3) is 6.49. The first-order valence-electron chi connectivity index (χ1n) is 12.4. The normalized spacial score (nSPS) is 17.9. The van der Waals surface area contributed by atoms with Crippen molar-refractivity contribution in [3.63, 3.8) is 0 Å². The van der Waals surface area contributed by atoms with Gasteiger partial charge in [0.05, 0.1) is 23.7 Å². The number of amides is 2. The lowest BCUT2D eigenvalue weighted by molar-refractivity contribution is -0.129. The third-order valence-corrected chi connectivity index (χ3v) is 7.69. The van der Waals surface area contributed by atoms with E-state index >= 15 is 0 Å². The molecule has 2 aromatic carbocycles. The van der Waals surface area contributed by atoms with Gasteiger partial charge in [-0.2, -0.15) is 0 Å². The molecule has 0 radical (unpaired) electrons. The first kappa shape index (κ1) is 25.8. The molecule has 2 aliphatic rings. The predicted octanol–water partition coefficient (Wildman–Crippen LogP) is 4.68. The van der Waals surface area contributed by atoms with Gasteiger partial charge in [-0.15, -0.1) is 0 Å². The van der Waals surface area contributed by atoms with Crippen LogP contribution >= 0.6 is 23.2 Å². The summed E-state index contributed by atoms with van der Waals surface area (Å²) >= 11 is 12.2. The standard InChI is InChI=1S/C27H33Cl2N3O3/c1-35-22-9-6-19(7-10-22)12-13-30-26(33)25(20-4-2-3-5-20)31-14-16-32(17-15-31)27(34)23-11-8-21(28)18-24(23)29/h6-11,18,20,25H,2-5,12-17H2,1H3,(H,30,33). The zero-order chi connectivity index (χ0) is 24.8. The molecular formula is C27H33Cl2N3O3. The Labute approximate surface area is 217 Å². The molecular weight excluding hydrogens is 485 g/mol. The molecule has 0 spiro atoms. The van der Waals surface area contributed by atoms with Crippen molar-refractivity contribution in [3.05, 3.63) is 63.6 Å². The van der Waals surface area contributed by atoms with Crippen LogP contribution in [-0.4, -0.2) is 67.5 Å². The van der Waals surface area contributed by atoms with E-state index in [1.54, 1.807) is 25.3 Å². The van der Waals surface area contributed by atoms with E-state index in [0.717, 1.165) is 30.6 Å². The molecule has 4 rings (SSSR count). The Bertz CT molecular complexity index is 1020. The molecule has 1 aliphatic heterocycles. The number of halogens is 2. The number of hydrogen-bond acceptors (Lipinski definition) is 4. The van der Waals surface area contributed by atoms with Gasteiger partial charge in [0.25, 0.3) is 5.91 Å². The van der Waals surface area contributed by atoms with E-state index in [9.17, 15) is 9.59 Å². The lowest BCUT2D eigenvalue weighted by atomic mass is 9.94. The lowest BCUT2D eigenvalue weighted by Gasteiger charge is -2.40. The fraction of sp³-hybridized carbons (Fsp3) is 0.481. The molecule has 2 amide bonds. The number of nitrogens with zero attached hydrogens (tertiary/aromatic N) is 2. The minimum Gasteiger partial charge on any atom is -0.497 e. The summed E-state index contributed by atoms with van der Waals surface area (Å²) in [7, 11) is 1.65. The van der Waals surface area contributed by atoms with Crippen LogP contribution in [0.3, 0.4) is 0 Å². The minimum atomic E-state index is -0.148. The average molecular weight is 518 g/mol. The zero-order valence-electron chi connectivity index (χ0n) is 20.1. The number of piperazine rings is 1. The largest absolute Gasteiger partial charge is 0.497 e. The first-order chi connectivity index (χ1) is 17.0. The average Bonchev–Trinajstić information content (AvgIpc) is 3.39. The maximum atomic E-state index is 13.4. The van der Waals surface area contributed by atoms with E-state index in [1.807, 2.05) is 29.2 Å². The van der Waals surface area contributed by atoms with E-state index in [0.29, 0.717) is 54.3 Å². The van der Waals surface area contributed by atoms with Crippen molar-refractivity contribution in [1.29, 1.82) is 0 Å². The molecule has 1 atom stereocenters. The van der Waals surface area contributed by atoms with Gasteiger partial charge in [0.1, 0.15) is 5.75 Å². The van der Waals surface area contributed by atoms with Crippen molar-refractivity contribution in [3.8, 4) is 5.75 Å². The third-order valence-electron chi connectivity index (χ3n) is 7.14. The molecule has 0 bridgehead atoms. The van der Waals surface area contributed by atoms with E-state index in [1.165, 1.54) is 12.8 Å². The second kappa shape index (κ2) is 12.1. The quantitative estimate of drug-likeness (QED) is 0.552. The van der Waals surface area contributed by atoms with Crippen molar-refractivity contribution in [2.75, 3.05) is 39.8 Å². The Hall–Kier alpha value is -2.28. The van der Waals surface area contributed by atoms with Crippen LogP contribution in [0.4, 0.5) is 0 Å². The van der Waals surface area contributed by atoms with Gasteiger partial charge in [-0.3, -0.25) is 14.5 Å². The van der Waals surface area contributed by atoms with Crippen LogP contribution in [0.1, 0.15) is 41.6 Å². The molecule has 1 saturated heterocycles. The molecule has 2 aromatic rings. The van der Waals surface area contributed by atoms with Gasteiger partial charge in [-0.1, -0.05) is 48.2 Å². The van der Waals surface area contributed by atoms with Crippen LogP contribution in [-0.2, 0) is 11.2 Å². The summed E-state index contributed by atoms with van der Waals surface area (Å²) in [5.74, 6) is 1.21. The molecule has 6 nitrogen and oxygen atoms in total. The second-order valence-electron chi connectivity index (χ2n) is 9.33. The molecule has 1 unspecified atom stereocenters. The highest BCUT2D eigenvalue weighted by molar-refractivity contribution is 6.36. The number of rotatable bonds is 8. The molecule has 1 N–H and O–H groups in total. The zero-order valence-corrected chi connectivity index (χ0v) is 21.7. The Morgan fingerprint density at radius 2 is 1.71 bits per heavy atom. The van der Waals surface area contributed by atoms with Gasteiger partial charge in [-0.25, -0.2) is 0 Å². The van der Waals surface area contributed by atoms with Crippen molar-refractivity contribution >= 4 is 35.0 Å². The molecule has 2 fully saturated rings. The molecule has 8 heteroatoms. The number of ether oxygens (including phenoxy) is 1. The van der Waals surface area contributed by atoms with Crippen molar-refractivity contribution < 1.29 is 14.3 Å². The van der Waals surface area contributed by atoms with Crippen LogP contribution in [0.25, 0.3) is 0 Å². The lowest BCUT2D eigenvalue weighted by Crippen LogP contribution is -2.58. The summed E-state index contributed by atoms with van der Waals surface area (Å²) in [6.45, 7) is 3.08. The smallest absolute Gasteiger partial charge is 0.255 e. The number of benzene rings is 2. The topological polar surface area (TPSA) is 61.9 Å². The SMILES string of the molecule is COc1ccc(CCNC(=O)C(C2CCCC2)N2CCN(C(=O)c3ccc(Cl)cc3Cl)CC2)cc1.